The molecule has 5 nitrogen and oxygen atoms in total. The van der Waals surface area contributed by atoms with E-state index in [4.69, 9.17) is 13.9 Å². The lowest BCUT2D eigenvalue weighted by Crippen LogP contribution is -2.05. The molecule has 0 unspecified atom stereocenters. The molecule has 0 N–H and O–H groups in total. The summed E-state index contributed by atoms with van der Waals surface area (Å²) in [6, 6.07) is 7.13. The maximum atomic E-state index is 13.2. The molecule has 0 bridgehead atoms. The highest BCUT2D eigenvalue weighted by Crippen LogP contribution is 2.39. The Kier molecular flexibility index (Phi) is 5.11. The van der Waals surface area contributed by atoms with Gasteiger partial charge < -0.3 is 13.9 Å². The van der Waals surface area contributed by atoms with Crippen LogP contribution in [0.5, 0.6) is 11.5 Å². The second kappa shape index (κ2) is 7.19. The fraction of sp³-hybridized carbons (Fsp3) is 0.238. The number of furan rings is 1. The van der Waals surface area contributed by atoms with E-state index in [1.54, 1.807) is 25.3 Å². The summed E-state index contributed by atoms with van der Waals surface area (Å²) in [5.41, 5.74) is 3.91. The molecule has 0 spiro atoms. The van der Waals surface area contributed by atoms with Crippen molar-refractivity contribution in [3.8, 4) is 11.5 Å². The second-order valence-electron chi connectivity index (χ2n) is 6.38. The van der Waals surface area contributed by atoms with Crippen molar-refractivity contribution in [2.75, 3.05) is 7.11 Å². The van der Waals surface area contributed by atoms with Crippen LogP contribution in [-0.2, 0) is 4.79 Å². The molecule has 0 fully saturated rings. The van der Waals surface area contributed by atoms with Crippen molar-refractivity contribution < 1.29 is 23.5 Å². The normalized spacial score (nSPS) is 10.9. The molecular formula is C21H19BrO5. The van der Waals surface area contributed by atoms with Crippen LogP contribution in [0.4, 0.5) is 0 Å². The molecule has 1 aromatic heterocycles. The minimum absolute atomic E-state index is 0.209. The molecule has 0 aliphatic rings. The molecule has 0 saturated carbocycles. The number of esters is 1. The van der Waals surface area contributed by atoms with E-state index in [0.29, 0.717) is 38.3 Å². The van der Waals surface area contributed by atoms with E-state index < -0.39 is 5.97 Å². The predicted octanol–water partition coefficient (Wildman–Crippen LogP) is 5.29. The molecule has 6 heteroatoms. The van der Waals surface area contributed by atoms with Gasteiger partial charge in [0.1, 0.15) is 5.75 Å². The number of methoxy groups -OCH3 is 1. The Morgan fingerprint density at radius 3 is 2.41 bits per heavy atom. The number of ether oxygens (including phenoxy) is 2. The summed E-state index contributed by atoms with van der Waals surface area (Å²) in [4.78, 5) is 24.7. The molecule has 1 heterocycles. The number of hydrogen-bond donors (Lipinski definition) is 0. The summed E-state index contributed by atoms with van der Waals surface area (Å²) in [5, 5.41) is 0.575. The Labute approximate surface area is 165 Å². The minimum atomic E-state index is -0.454. The van der Waals surface area contributed by atoms with E-state index in [1.165, 1.54) is 6.92 Å². The van der Waals surface area contributed by atoms with Crippen LogP contribution in [0.3, 0.4) is 0 Å². The van der Waals surface area contributed by atoms with Gasteiger partial charge in [0, 0.05) is 17.9 Å². The molecule has 0 amide bonds. The van der Waals surface area contributed by atoms with E-state index >= 15 is 0 Å². The summed E-state index contributed by atoms with van der Waals surface area (Å²) >= 11 is 3.34. The third-order valence-electron chi connectivity index (χ3n) is 4.54. The number of fused-ring (bicyclic) bond motifs is 1. The number of halogens is 1. The highest BCUT2D eigenvalue weighted by molar-refractivity contribution is 9.10. The highest BCUT2D eigenvalue weighted by Gasteiger charge is 2.25. The number of hydrogen-bond acceptors (Lipinski definition) is 5. The van der Waals surface area contributed by atoms with Crippen LogP contribution < -0.4 is 9.47 Å². The molecule has 0 aliphatic carbocycles. The van der Waals surface area contributed by atoms with E-state index in [-0.39, 0.29) is 5.78 Å². The predicted molar refractivity (Wildman–Crippen MR) is 106 cm³/mol. The van der Waals surface area contributed by atoms with E-state index in [0.717, 1.165) is 16.7 Å². The zero-order valence-electron chi connectivity index (χ0n) is 15.7. The average Bonchev–Trinajstić information content (AvgIpc) is 2.95. The molecule has 3 rings (SSSR count). The van der Waals surface area contributed by atoms with Gasteiger partial charge in [-0.15, -0.1) is 0 Å². The summed E-state index contributed by atoms with van der Waals surface area (Å²) in [6.07, 6.45) is 0. The molecule has 3 aromatic rings. The van der Waals surface area contributed by atoms with E-state index in [9.17, 15) is 9.59 Å². The number of ketones is 1. The standard InChI is InChI=1S/C21H19BrO5/c1-10-6-7-15-17(21(22)27-20(15)19(10)26-13(4)23)18(24)14-8-11(2)12(3)16(9-14)25-5/h6-9H,1-5H3. The smallest absolute Gasteiger partial charge is 0.308 e. The maximum absolute atomic E-state index is 13.2. The van der Waals surface area contributed by atoms with Crippen molar-refractivity contribution in [1.29, 1.82) is 0 Å². The zero-order valence-corrected chi connectivity index (χ0v) is 17.3. The van der Waals surface area contributed by atoms with Crippen LogP contribution >= 0.6 is 15.9 Å². The molecule has 2 aromatic carbocycles. The molecule has 140 valence electrons. The average molecular weight is 431 g/mol. The van der Waals surface area contributed by atoms with Gasteiger partial charge in [-0.3, -0.25) is 9.59 Å². The van der Waals surface area contributed by atoms with Crippen LogP contribution in [0.1, 0.15) is 39.5 Å². The van der Waals surface area contributed by atoms with Crippen molar-refractivity contribution in [3.05, 3.63) is 56.8 Å². The third kappa shape index (κ3) is 3.37. The number of benzene rings is 2. The SMILES string of the molecule is COc1cc(C(=O)c2c(Br)oc3c(OC(C)=O)c(C)ccc23)cc(C)c1C. The first-order valence-corrected chi connectivity index (χ1v) is 9.13. The van der Waals surface area contributed by atoms with Gasteiger partial charge in [0.2, 0.25) is 0 Å². The lowest BCUT2D eigenvalue weighted by Gasteiger charge is -2.10. The molecule has 0 atom stereocenters. The van der Waals surface area contributed by atoms with Crippen LogP contribution in [0.15, 0.2) is 33.4 Å². The minimum Gasteiger partial charge on any atom is -0.496 e. The van der Waals surface area contributed by atoms with Gasteiger partial charge in [-0.25, -0.2) is 0 Å². The molecule has 0 aliphatic heterocycles. The van der Waals surface area contributed by atoms with Gasteiger partial charge in [0.05, 0.1) is 12.7 Å². The fourth-order valence-electron chi connectivity index (χ4n) is 3.00. The van der Waals surface area contributed by atoms with Crippen molar-refractivity contribution in [3.63, 3.8) is 0 Å². The van der Waals surface area contributed by atoms with Crippen molar-refractivity contribution in [1.82, 2.24) is 0 Å². The summed E-state index contributed by atoms with van der Waals surface area (Å²) in [7, 11) is 1.58. The van der Waals surface area contributed by atoms with Crippen molar-refractivity contribution in [2.24, 2.45) is 0 Å². The lowest BCUT2D eigenvalue weighted by atomic mass is 9.97. The zero-order chi connectivity index (χ0) is 19.9. The lowest BCUT2D eigenvalue weighted by molar-refractivity contribution is -0.131. The van der Waals surface area contributed by atoms with Crippen LogP contribution in [-0.4, -0.2) is 18.9 Å². The molecular weight excluding hydrogens is 412 g/mol. The van der Waals surface area contributed by atoms with Gasteiger partial charge in [0.25, 0.3) is 0 Å². The number of aryl methyl sites for hydroxylation is 2. The molecule has 0 radical (unpaired) electrons. The Bertz CT molecular complexity index is 1080. The highest BCUT2D eigenvalue weighted by atomic mass is 79.9. The number of rotatable bonds is 4. The fourth-order valence-corrected chi connectivity index (χ4v) is 3.56. The van der Waals surface area contributed by atoms with E-state index in [2.05, 4.69) is 15.9 Å². The first-order valence-electron chi connectivity index (χ1n) is 8.34. The number of carbonyl (C=O) groups excluding carboxylic acids is 2. The topological polar surface area (TPSA) is 65.7 Å². The van der Waals surface area contributed by atoms with E-state index in [1.807, 2.05) is 26.8 Å². The first kappa shape index (κ1) is 19.2. The van der Waals surface area contributed by atoms with Crippen LogP contribution in [0.2, 0.25) is 0 Å². The van der Waals surface area contributed by atoms with Crippen LogP contribution in [0, 0.1) is 20.8 Å². The summed E-state index contributed by atoms with van der Waals surface area (Å²) in [5.74, 6) is 0.306. The monoisotopic (exact) mass is 430 g/mol. The van der Waals surface area contributed by atoms with Crippen molar-refractivity contribution >= 4 is 38.7 Å². The Morgan fingerprint density at radius 1 is 1.07 bits per heavy atom. The summed E-state index contributed by atoms with van der Waals surface area (Å²) in [6.45, 7) is 7.01. The Morgan fingerprint density at radius 2 is 1.78 bits per heavy atom. The van der Waals surface area contributed by atoms with Gasteiger partial charge >= 0.3 is 5.97 Å². The molecule has 27 heavy (non-hydrogen) atoms. The van der Waals surface area contributed by atoms with Gasteiger partial charge in [-0.1, -0.05) is 6.07 Å². The third-order valence-corrected chi connectivity index (χ3v) is 5.10. The second-order valence-corrected chi connectivity index (χ2v) is 7.10. The Balaban J connectivity index is 2.20. The van der Waals surface area contributed by atoms with Gasteiger partial charge in [-0.05, 0) is 71.6 Å². The van der Waals surface area contributed by atoms with Crippen molar-refractivity contribution in [2.45, 2.75) is 27.7 Å². The van der Waals surface area contributed by atoms with Crippen LogP contribution in [0.25, 0.3) is 11.0 Å². The van der Waals surface area contributed by atoms with Gasteiger partial charge in [0.15, 0.2) is 21.8 Å². The largest absolute Gasteiger partial charge is 0.496 e. The number of carbonyl (C=O) groups is 2. The summed E-state index contributed by atoms with van der Waals surface area (Å²) < 4.78 is 16.7. The maximum Gasteiger partial charge on any atom is 0.308 e. The van der Waals surface area contributed by atoms with Gasteiger partial charge in [-0.2, -0.15) is 0 Å². The quantitative estimate of drug-likeness (QED) is 0.319. The Hall–Kier alpha value is -2.60. The molecule has 0 saturated heterocycles. The first-order chi connectivity index (χ1) is 12.7.